The van der Waals surface area contributed by atoms with Crippen LogP contribution in [0.15, 0.2) is 0 Å². The van der Waals surface area contributed by atoms with Crippen LogP contribution < -0.4 is 0 Å². The molecule has 0 aliphatic carbocycles. The average molecular weight is 288 g/mol. The van der Waals surface area contributed by atoms with E-state index in [2.05, 4.69) is 18.6 Å². The van der Waals surface area contributed by atoms with Crippen molar-refractivity contribution in [3.8, 4) is 0 Å². The second-order valence-corrected chi connectivity index (χ2v) is 3.59. The summed E-state index contributed by atoms with van der Waals surface area (Å²) in [4.78, 5) is 0. The fraction of sp³-hybridized carbons (Fsp3) is 1.00. The van der Waals surface area contributed by atoms with Crippen LogP contribution in [0.2, 0.25) is 0 Å². The van der Waals surface area contributed by atoms with Crippen LogP contribution in [-0.4, -0.2) is 39.0 Å². The van der Waals surface area contributed by atoms with E-state index < -0.39 is 25.3 Å². The summed E-state index contributed by atoms with van der Waals surface area (Å²) in [7, 11) is 1.72. The van der Waals surface area contributed by atoms with E-state index in [0.717, 1.165) is 6.61 Å². The number of methoxy groups -OCH3 is 1. The normalized spacial score (nSPS) is 12.7. The van der Waals surface area contributed by atoms with Gasteiger partial charge in [-0.1, -0.05) is 13.8 Å². The molecule has 0 N–H and O–H groups in total. The molecule has 0 amide bonds. The van der Waals surface area contributed by atoms with Gasteiger partial charge >= 0.3 is 12.4 Å². The third-order valence-corrected chi connectivity index (χ3v) is 1.32. The fourth-order valence-electron chi connectivity index (χ4n) is 0.771. The molecule has 0 rings (SSSR count). The average Bonchev–Trinajstić information content (AvgIpc) is 2.11. The Labute approximate surface area is 100 Å². The molecule has 0 aliphatic heterocycles. The third kappa shape index (κ3) is 10.6. The summed E-state index contributed by atoms with van der Waals surface area (Å²) in [5.41, 5.74) is 0. The van der Waals surface area contributed by atoms with Gasteiger partial charge in [-0.3, -0.25) is 0 Å². The molecule has 112 valence electrons. The lowest BCUT2D eigenvalue weighted by atomic mass is 10.2. The molecule has 0 aromatic carbocycles. The molecule has 0 aromatic heterocycles. The Morgan fingerprint density at radius 1 is 0.944 bits per heavy atom. The molecule has 2 nitrogen and oxygen atoms in total. The van der Waals surface area contributed by atoms with Gasteiger partial charge in [0.15, 0.2) is 6.86 Å². The van der Waals surface area contributed by atoms with Crippen LogP contribution >= 0.6 is 0 Å². The molecular weight excluding hydrogens is 273 g/mol. The van der Waals surface area contributed by atoms with Gasteiger partial charge in [0.25, 0.3) is 6.10 Å². The van der Waals surface area contributed by atoms with Gasteiger partial charge in [-0.15, -0.1) is 0 Å². The molecule has 0 saturated heterocycles. The fourth-order valence-corrected chi connectivity index (χ4v) is 0.771. The standard InChI is InChI=1S/C5H12O.C4H3F7O/c1-5(2)4-6-3;5-1-12-2(3(6,7)8)4(9,10)11/h5H,4H2,1-3H3;2H,1H2. The van der Waals surface area contributed by atoms with Gasteiger partial charge in [-0.05, 0) is 5.92 Å². The van der Waals surface area contributed by atoms with Crippen LogP contribution in [0.3, 0.4) is 0 Å². The molecule has 0 heterocycles. The summed E-state index contributed by atoms with van der Waals surface area (Å²) >= 11 is 0. The Balaban J connectivity index is 0. The van der Waals surface area contributed by atoms with E-state index in [1.807, 2.05) is 0 Å². The molecule has 0 aromatic rings. The Hall–Kier alpha value is -0.570. The number of hydrogen-bond donors (Lipinski definition) is 0. The Morgan fingerprint density at radius 2 is 1.33 bits per heavy atom. The van der Waals surface area contributed by atoms with E-state index in [1.54, 1.807) is 7.11 Å². The highest BCUT2D eigenvalue weighted by atomic mass is 19.4. The van der Waals surface area contributed by atoms with Crippen molar-refractivity contribution >= 4 is 0 Å². The monoisotopic (exact) mass is 288 g/mol. The van der Waals surface area contributed by atoms with E-state index in [1.165, 1.54) is 0 Å². The van der Waals surface area contributed by atoms with Crippen LogP contribution in [0.25, 0.3) is 0 Å². The topological polar surface area (TPSA) is 18.5 Å². The van der Waals surface area contributed by atoms with Crippen molar-refractivity contribution < 1.29 is 40.2 Å². The molecule has 0 aliphatic rings. The third-order valence-electron chi connectivity index (χ3n) is 1.32. The predicted octanol–water partition coefficient (Wildman–Crippen LogP) is 3.71. The largest absolute Gasteiger partial charge is 0.423 e. The number of rotatable bonds is 4. The van der Waals surface area contributed by atoms with Gasteiger partial charge in [0.1, 0.15) is 0 Å². The maximum Gasteiger partial charge on any atom is 0.423 e. The minimum absolute atomic E-state index is 0.676. The van der Waals surface area contributed by atoms with E-state index in [-0.39, 0.29) is 0 Å². The highest BCUT2D eigenvalue weighted by Crippen LogP contribution is 2.35. The van der Waals surface area contributed by atoms with E-state index >= 15 is 0 Å². The Bertz CT molecular complexity index is 186. The van der Waals surface area contributed by atoms with E-state index in [4.69, 9.17) is 4.74 Å². The molecule has 18 heavy (non-hydrogen) atoms. The zero-order valence-electron chi connectivity index (χ0n) is 10.0. The van der Waals surface area contributed by atoms with Crippen LogP contribution in [0.1, 0.15) is 13.8 Å². The minimum Gasteiger partial charge on any atom is -0.384 e. The van der Waals surface area contributed by atoms with Crippen molar-refractivity contribution in [2.24, 2.45) is 5.92 Å². The smallest absolute Gasteiger partial charge is 0.384 e. The van der Waals surface area contributed by atoms with Crippen LogP contribution in [0.4, 0.5) is 30.7 Å². The SMILES string of the molecule is COCC(C)C.FCOC(C(F)(F)F)C(F)(F)F. The number of ether oxygens (including phenoxy) is 2. The van der Waals surface area contributed by atoms with Crippen molar-refractivity contribution in [3.05, 3.63) is 0 Å². The van der Waals surface area contributed by atoms with Crippen molar-refractivity contribution in [2.45, 2.75) is 32.3 Å². The van der Waals surface area contributed by atoms with Gasteiger partial charge < -0.3 is 9.47 Å². The molecule has 0 radical (unpaired) electrons. The van der Waals surface area contributed by atoms with E-state index in [9.17, 15) is 30.7 Å². The lowest BCUT2D eigenvalue weighted by Crippen LogP contribution is -2.44. The first-order valence-corrected chi connectivity index (χ1v) is 4.76. The predicted molar refractivity (Wildman–Crippen MR) is 49.7 cm³/mol. The van der Waals surface area contributed by atoms with Gasteiger partial charge in [-0.2, -0.15) is 26.3 Å². The van der Waals surface area contributed by atoms with Gasteiger partial charge in [0.05, 0.1) is 0 Å². The van der Waals surface area contributed by atoms with Crippen molar-refractivity contribution in [3.63, 3.8) is 0 Å². The van der Waals surface area contributed by atoms with Gasteiger partial charge in [0, 0.05) is 13.7 Å². The lowest BCUT2D eigenvalue weighted by Gasteiger charge is -2.21. The highest BCUT2D eigenvalue weighted by molar-refractivity contribution is 4.75. The first-order chi connectivity index (χ1) is 7.96. The molecule has 0 unspecified atom stereocenters. The van der Waals surface area contributed by atoms with Crippen LogP contribution in [0.5, 0.6) is 0 Å². The summed E-state index contributed by atoms with van der Waals surface area (Å²) in [5, 5.41) is 0. The summed E-state index contributed by atoms with van der Waals surface area (Å²) < 4.78 is 87.1. The zero-order valence-corrected chi connectivity index (χ0v) is 10.0. The van der Waals surface area contributed by atoms with Gasteiger partial charge in [-0.25, -0.2) is 4.39 Å². The number of halogens is 7. The molecular formula is C9H15F7O2. The van der Waals surface area contributed by atoms with Crippen LogP contribution in [0, 0.1) is 5.92 Å². The highest BCUT2D eigenvalue weighted by Gasteiger charge is 2.58. The molecule has 0 bridgehead atoms. The first-order valence-electron chi connectivity index (χ1n) is 4.76. The van der Waals surface area contributed by atoms with Crippen LogP contribution in [-0.2, 0) is 9.47 Å². The number of hydrogen-bond acceptors (Lipinski definition) is 2. The van der Waals surface area contributed by atoms with Gasteiger partial charge in [0.2, 0.25) is 0 Å². The second-order valence-electron chi connectivity index (χ2n) is 3.59. The summed E-state index contributed by atoms with van der Waals surface area (Å²) in [6.45, 7) is 3.00. The molecule has 0 fully saturated rings. The Kier molecular flexibility index (Phi) is 9.35. The maximum atomic E-state index is 11.4. The zero-order chi connectivity index (χ0) is 15.0. The summed E-state index contributed by atoms with van der Waals surface area (Å²) in [6, 6.07) is 0. The molecule has 0 spiro atoms. The van der Waals surface area contributed by atoms with Crippen molar-refractivity contribution in [1.29, 1.82) is 0 Å². The lowest BCUT2D eigenvalue weighted by molar-refractivity contribution is -0.327. The minimum atomic E-state index is -5.63. The van der Waals surface area contributed by atoms with E-state index in [0.29, 0.717) is 5.92 Å². The summed E-state index contributed by atoms with van der Waals surface area (Å²) in [6.07, 6.45) is -15.3. The number of alkyl halides is 7. The second kappa shape index (κ2) is 8.52. The Morgan fingerprint density at radius 3 is 1.39 bits per heavy atom. The van der Waals surface area contributed by atoms with Crippen molar-refractivity contribution in [1.82, 2.24) is 0 Å². The summed E-state index contributed by atoms with van der Waals surface area (Å²) in [5.74, 6) is 0.676. The molecule has 9 heteroatoms. The molecule has 0 atom stereocenters. The van der Waals surface area contributed by atoms with Crippen molar-refractivity contribution in [2.75, 3.05) is 20.6 Å². The first kappa shape index (κ1) is 19.8. The maximum absolute atomic E-state index is 11.4. The molecule has 0 saturated carbocycles. The quantitative estimate of drug-likeness (QED) is 0.734.